The number of ether oxygens (including phenoxy) is 1. The molecule has 0 fully saturated rings. The molecule has 0 spiro atoms. The van der Waals surface area contributed by atoms with Gasteiger partial charge in [-0.15, -0.1) is 0 Å². The molecule has 0 atom stereocenters. The van der Waals surface area contributed by atoms with Crippen molar-refractivity contribution in [1.82, 2.24) is 5.32 Å². The van der Waals surface area contributed by atoms with Crippen molar-refractivity contribution in [3.8, 4) is 0 Å². The van der Waals surface area contributed by atoms with E-state index in [1.807, 2.05) is 13.8 Å². The molecule has 0 radical (unpaired) electrons. The van der Waals surface area contributed by atoms with Crippen LogP contribution in [0.5, 0.6) is 0 Å². The summed E-state index contributed by atoms with van der Waals surface area (Å²) in [6.45, 7) is 4.95. The zero-order valence-corrected chi connectivity index (χ0v) is 9.65. The van der Waals surface area contributed by atoms with E-state index in [1.165, 1.54) is 6.07 Å². The first kappa shape index (κ1) is 12.7. The SMILES string of the molecule is COCC(C)(C)NCc1ccc([N+](=O)[O-])o1. The molecule has 0 aliphatic rings. The van der Waals surface area contributed by atoms with E-state index in [2.05, 4.69) is 5.32 Å². The van der Waals surface area contributed by atoms with E-state index in [0.29, 0.717) is 18.9 Å². The van der Waals surface area contributed by atoms with Crippen LogP contribution in [0.2, 0.25) is 0 Å². The molecular formula is C10H16N2O4. The van der Waals surface area contributed by atoms with Crippen LogP contribution in [0.3, 0.4) is 0 Å². The highest BCUT2D eigenvalue weighted by molar-refractivity contribution is 5.17. The van der Waals surface area contributed by atoms with Gasteiger partial charge in [-0.05, 0) is 19.9 Å². The lowest BCUT2D eigenvalue weighted by molar-refractivity contribution is -0.402. The van der Waals surface area contributed by atoms with Crippen LogP contribution in [0.25, 0.3) is 0 Å². The third-order valence-electron chi connectivity index (χ3n) is 2.07. The summed E-state index contributed by atoms with van der Waals surface area (Å²) in [5.41, 5.74) is -0.198. The molecule has 1 aromatic heterocycles. The Morgan fingerprint density at radius 2 is 2.25 bits per heavy atom. The third kappa shape index (κ3) is 3.63. The molecule has 1 N–H and O–H groups in total. The van der Waals surface area contributed by atoms with Gasteiger partial charge in [0, 0.05) is 12.6 Å². The van der Waals surface area contributed by atoms with Crippen molar-refractivity contribution in [3.05, 3.63) is 28.0 Å². The van der Waals surface area contributed by atoms with Gasteiger partial charge in [-0.1, -0.05) is 0 Å². The highest BCUT2D eigenvalue weighted by atomic mass is 16.6. The Labute approximate surface area is 93.7 Å². The molecule has 1 rings (SSSR count). The first-order valence-electron chi connectivity index (χ1n) is 4.92. The molecule has 0 amide bonds. The van der Waals surface area contributed by atoms with E-state index in [-0.39, 0.29) is 11.4 Å². The minimum absolute atomic E-state index is 0.198. The lowest BCUT2D eigenvalue weighted by Crippen LogP contribution is -2.42. The first-order valence-corrected chi connectivity index (χ1v) is 4.92. The highest BCUT2D eigenvalue weighted by Gasteiger charge is 2.18. The average molecular weight is 228 g/mol. The van der Waals surface area contributed by atoms with Gasteiger partial charge < -0.3 is 14.5 Å². The molecule has 90 valence electrons. The van der Waals surface area contributed by atoms with Crippen LogP contribution in [0.1, 0.15) is 19.6 Å². The second-order valence-corrected chi connectivity index (χ2v) is 4.17. The highest BCUT2D eigenvalue weighted by Crippen LogP contribution is 2.16. The summed E-state index contributed by atoms with van der Waals surface area (Å²) < 4.78 is 10.1. The van der Waals surface area contributed by atoms with E-state index in [1.54, 1.807) is 13.2 Å². The third-order valence-corrected chi connectivity index (χ3v) is 2.07. The van der Waals surface area contributed by atoms with Gasteiger partial charge in [-0.2, -0.15) is 0 Å². The van der Waals surface area contributed by atoms with Crippen molar-refractivity contribution < 1.29 is 14.1 Å². The second-order valence-electron chi connectivity index (χ2n) is 4.17. The summed E-state index contributed by atoms with van der Waals surface area (Å²) in [6.07, 6.45) is 0. The molecule has 6 nitrogen and oxygen atoms in total. The molecule has 0 saturated carbocycles. The van der Waals surface area contributed by atoms with Crippen LogP contribution in [-0.2, 0) is 11.3 Å². The number of nitrogens with zero attached hydrogens (tertiary/aromatic N) is 1. The van der Waals surface area contributed by atoms with Crippen LogP contribution in [-0.4, -0.2) is 24.2 Å². The minimum atomic E-state index is -0.552. The van der Waals surface area contributed by atoms with E-state index in [4.69, 9.17) is 9.15 Å². The van der Waals surface area contributed by atoms with Crippen molar-refractivity contribution in [2.24, 2.45) is 0 Å². The van der Waals surface area contributed by atoms with Gasteiger partial charge in [0.15, 0.2) is 0 Å². The van der Waals surface area contributed by atoms with E-state index in [0.717, 1.165) is 0 Å². The summed E-state index contributed by atoms with van der Waals surface area (Å²) in [5, 5.41) is 13.6. The van der Waals surface area contributed by atoms with Crippen molar-refractivity contribution in [2.45, 2.75) is 25.9 Å². The molecule has 0 aliphatic heterocycles. The van der Waals surface area contributed by atoms with E-state index < -0.39 is 4.92 Å². The number of rotatable bonds is 6. The normalized spacial score (nSPS) is 11.7. The second kappa shape index (κ2) is 5.09. The Morgan fingerprint density at radius 1 is 1.56 bits per heavy atom. The summed E-state index contributed by atoms with van der Waals surface area (Å²) in [7, 11) is 1.63. The smallest absolute Gasteiger partial charge is 0.404 e. The fourth-order valence-electron chi connectivity index (χ4n) is 1.30. The fourth-order valence-corrected chi connectivity index (χ4v) is 1.30. The van der Waals surface area contributed by atoms with Gasteiger partial charge in [0.2, 0.25) is 0 Å². The number of methoxy groups -OCH3 is 1. The number of hydrogen-bond donors (Lipinski definition) is 1. The van der Waals surface area contributed by atoms with Crippen LogP contribution in [0.15, 0.2) is 16.5 Å². The minimum Gasteiger partial charge on any atom is -0.404 e. The Morgan fingerprint density at radius 3 is 2.75 bits per heavy atom. The number of furan rings is 1. The number of nitrogens with one attached hydrogen (secondary N) is 1. The largest absolute Gasteiger partial charge is 0.433 e. The Bertz CT molecular complexity index is 359. The molecular weight excluding hydrogens is 212 g/mol. The van der Waals surface area contributed by atoms with Crippen LogP contribution in [0, 0.1) is 10.1 Å². The van der Waals surface area contributed by atoms with Crippen molar-refractivity contribution in [2.75, 3.05) is 13.7 Å². The van der Waals surface area contributed by atoms with Gasteiger partial charge in [-0.25, -0.2) is 0 Å². The summed E-state index contributed by atoms with van der Waals surface area (Å²) >= 11 is 0. The molecule has 6 heteroatoms. The lowest BCUT2D eigenvalue weighted by atomic mass is 10.1. The monoisotopic (exact) mass is 228 g/mol. The molecule has 1 aromatic rings. The Hall–Kier alpha value is -1.40. The van der Waals surface area contributed by atoms with E-state index in [9.17, 15) is 10.1 Å². The average Bonchev–Trinajstić information content (AvgIpc) is 2.63. The molecule has 0 aromatic carbocycles. The topological polar surface area (TPSA) is 77.5 Å². The van der Waals surface area contributed by atoms with Crippen LogP contribution >= 0.6 is 0 Å². The molecule has 0 aliphatic carbocycles. The molecule has 0 unspecified atom stereocenters. The van der Waals surface area contributed by atoms with Crippen LogP contribution in [0.4, 0.5) is 5.88 Å². The Kier molecular flexibility index (Phi) is 4.03. The summed E-state index contributed by atoms with van der Waals surface area (Å²) in [6, 6.07) is 2.94. The summed E-state index contributed by atoms with van der Waals surface area (Å²) in [4.78, 5) is 9.84. The van der Waals surface area contributed by atoms with E-state index >= 15 is 0 Å². The standard InChI is InChI=1S/C10H16N2O4/c1-10(2,7-15-3)11-6-8-4-5-9(16-8)12(13)14/h4-5,11H,6-7H2,1-3H3. The lowest BCUT2D eigenvalue weighted by Gasteiger charge is -2.24. The molecule has 0 saturated heterocycles. The maximum Gasteiger partial charge on any atom is 0.433 e. The Balaban J connectivity index is 2.51. The van der Waals surface area contributed by atoms with Gasteiger partial charge in [0.25, 0.3) is 0 Å². The zero-order valence-electron chi connectivity index (χ0n) is 9.65. The summed E-state index contributed by atoms with van der Waals surface area (Å²) in [5.74, 6) is 0.303. The van der Waals surface area contributed by atoms with Crippen molar-refractivity contribution in [3.63, 3.8) is 0 Å². The van der Waals surface area contributed by atoms with Crippen molar-refractivity contribution in [1.29, 1.82) is 0 Å². The zero-order chi connectivity index (χ0) is 12.2. The van der Waals surface area contributed by atoms with Crippen LogP contribution < -0.4 is 5.32 Å². The number of hydrogen-bond acceptors (Lipinski definition) is 5. The van der Waals surface area contributed by atoms with Gasteiger partial charge in [0.1, 0.15) is 10.7 Å². The number of nitro groups is 1. The molecule has 0 bridgehead atoms. The van der Waals surface area contributed by atoms with Gasteiger partial charge in [0.05, 0.1) is 19.2 Å². The fraction of sp³-hybridized carbons (Fsp3) is 0.600. The van der Waals surface area contributed by atoms with Gasteiger partial charge >= 0.3 is 5.88 Å². The predicted molar refractivity (Wildman–Crippen MR) is 58.2 cm³/mol. The quantitative estimate of drug-likeness (QED) is 0.592. The molecule has 1 heterocycles. The predicted octanol–water partition coefficient (Wildman–Crippen LogP) is 1.70. The molecule has 16 heavy (non-hydrogen) atoms. The van der Waals surface area contributed by atoms with Crippen molar-refractivity contribution >= 4 is 5.88 Å². The maximum absolute atomic E-state index is 10.4. The first-order chi connectivity index (χ1) is 7.44. The maximum atomic E-state index is 10.4. The van der Waals surface area contributed by atoms with Gasteiger partial charge in [-0.3, -0.25) is 10.1 Å².